The van der Waals surface area contributed by atoms with Crippen molar-refractivity contribution in [1.82, 2.24) is 15.2 Å². The lowest BCUT2D eigenvalue weighted by Gasteiger charge is -2.31. The van der Waals surface area contributed by atoms with Crippen molar-refractivity contribution in [3.05, 3.63) is 16.1 Å². The van der Waals surface area contributed by atoms with Crippen LogP contribution in [0.15, 0.2) is 5.38 Å². The second kappa shape index (κ2) is 9.32. The van der Waals surface area contributed by atoms with E-state index < -0.39 is 23.7 Å². The normalized spacial score (nSPS) is 14.0. The number of thiazole rings is 1. The molecule has 2 atom stereocenters. The molecule has 7 nitrogen and oxygen atoms in total. The predicted molar refractivity (Wildman–Crippen MR) is 102 cm³/mol. The number of carbonyl (C=O) groups is 2. The number of nitrogens with one attached hydrogen (secondary N) is 1. The van der Waals surface area contributed by atoms with E-state index in [4.69, 9.17) is 9.47 Å². The minimum Gasteiger partial charge on any atom is -0.467 e. The van der Waals surface area contributed by atoms with Crippen LogP contribution in [0.2, 0.25) is 0 Å². The number of urea groups is 1. The van der Waals surface area contributed by atoms with Gasteiger partial charge in [-0.3, -0.25) is 0 Å². The summed E-state index contributed by atoms with van der Waals surface area (Å²) in [6, 6.07) is -1.28. The highest BCUT2D eigenvalue weighted by molar-refractivity contribution is 7.09. The fraction of sp³-hybridized carbons (Fsp3) is 0.722. The number of hydrogen-bond donors (Lipinski definition) is 1. The second-order valence-electron chi connectivity index (χ2n) is 7.57. The molecule has 1 N–H and O–H groups in total. The topological polar surface area (TPSA) is 80.8 Å². The zero-order chi connectivity index (χ0) is 20.1. The number of aromatic nitrogens is 1. The monoisotopic (exact) mass is 385 g/mol. The van der Waals surface area contributed by atoms with E-state index >= 15 is 0 Å². The molecular formula is C18H31N3O4S. The lowest BCUT2D eigenvalue weighted by Crippen LogP contribution is -2.53. The summed E-state index contributed by atoms with van der Waals surface area (Å²) in [4.78, 5) is 30.6. The Morgan fingerprint density at radius 1 is 1.31 bits per heavy atom. The molecule has 0 fully saturated rings. The predicted octanol–water partition coefficient (Wildman–Crippen LogP) is 3.15. The standard InChI is InChI=1S/C18H31N3O4S/c1-11(2)15-19-13(10-26-15)9-21(7)17(23)20-14(16(22)24-8)12(3)25-18(4,5)6/h10-12,14H,9H2,1-8H3,(H,20,23)/t12?,14-/m1/s1. The highest BCUT2D eigenvalue weighted by Crippen LogP contribution is 2.20. The lowest BCUT2D eigenvalue weighted by molar-refractivity contribution is -0.150. The maximum atomic E-state index is 12.5. The quantitative estimate of drug-likeness (QED) is 0.729. The third-order valence-corrected chi connectivity index (χ3v) is 4.75. The smallest absolute Gasteiger partial charge is 0.331 e. The van der Waals surface area contributed by atoms with Crippen molar-refractivity contribution in [2.45, 2.75) is 71.8 Å². The van der Waals surface area contributed by atoms with E-state index in [1.165, 1.54) is 12.0 Å². The number of hydrogen-bond acceptors (Lipinski definition) is 6. The van der Waals surface area contributed by atoms with Gasteiger partial charge in [0.25, 0.3) is 0 Å². The molecule has 8 heteroatoms. The van der Waals surface area contributed by atoms with E-state index in [1.807, 2.05) is 26.2 Å². The minimum atomic E-state index is -0.893. The average Bonchev–Trinajstić information content (AvgIpc) is 2.98. The summed E-state index contributed by atoms with van der Waals surface area (Å²) < 4.78 is 10.6. The molecule has 0 saturated heterocycles. The van der Waals surface area contributed by atoms with Crippen molar-refractivity contribution in [3.8, 4) is 0 Å². The van der Waals surface area contributed by atoms with Gasteiger partial charge < -0.3 is 19.7 Å². The van der Waals surface area contributed by atoms with Crippen LogP contribution in [-0.2, 0) is 20.8 Å². The number of nitrogens with zero attached hydrogens (tertiary/aromatic N) is 2. The third-order valence-electron chi connectivity index (χ3n) is 3.55. The fourth-order valence-electron chi connectivity index (χ4n) is 2.34. The zero-order valence-corrected chi connectivity index (χ0v) is 17.8. The molecule has 1 rings (SSSR count). The first-order valence-corrected chi connectivity index (χ1v) is 9.54. The Morgan fingerprint density at radius 2 is 1.92 bits per heavy atom. The summed E-state index contributed by atoms with van der Waals surface area (Å²) in [5, 5.41) is 5.68. The van der Waals surface area contributed by atoms with E-state index in [0.29, 0.717) is 12.5 Å². The summed E-state index contributed by atoms with van der Waals surface area (Å²) in [6.07, 6.45) is -0.536. The van der Waals surface area contributed by atoms with Crippen LogP contribution < -0.4 is 5.32 Å². The molecule has 148 valence electrons. The van der Waals surface area contributed by atoms with Crippen LogP contribution in [0, 0.1) is 0 Å². The van der Waals surface area contributed by atoms with Crippen LogP contribution in [-0.4, -0.2) is 53.8 Å². The Balaban J connectivity index is 2.76. The van der Waals surface area contributed by atoms with E-state index in [1.54, 1.807) is 25.3 Å². The molecule has 1 heterocycles. The Morgan fingerprint density at radius 3 is 2.38 bits per heavy atom. The highest BCUT2D eigenvalue weighted by Gasteiger charge is 2.32. The number of methoxy groups -OCH3 is 1. The molecule has 0 spiro atoms. The molecule has 0 aromatic carbocycles. The number of ether oxygens (including phenoxy) is 2. The first-order chi connectivity index (χ1) is 11.9. The average molecular weight is 386 g/mol. The third kappa shape index (κ3) is 6.92. The summed E-state index contributed by atoms with van der Waals surface area (Å²) in [5.74, 6) is -0.189. The molecule has 0 saturated carbocycles. The summed E-state index contributed by atoms with van der Waals surface area (Å²) >= 11 is 1.58. The SMILES string of the molecule is COC(=O)[C@H](NC(=O)N(C)Cc1csc(C(C)C)n1)C(C)OC(C)(C)C. The van der Waals surface area contributed by atoms with Gasteiger partial charge in [-0.25, -0.2) is 14.6 Å². The van der Waals surface area contributed by atoms with Gasteiger partial charge in [-0.2, -0.15) is 0 Å². The van der Waals surface area contributed by atoms with Gasteiger partial charge in [0.15, 0.2) is 6.04 Å². The van der Waals surface area contributed by atoms with Gasteiger partial charge in [0.1, 0.15) is 0 Å². The van der Waals surface area contributed by atoms with Crippen molar-refractivity contribution < 1.29 is 19.1 Å². The van der Waals surface area contributed by atoms with Gasteiger partial charge in [0.05, 0.1) is 36.1 Å². The Kier molecular flexibility index (Phi) is 8.02. The Labute approximate surface area is 160 Å². The van der Waals surface area contributed by atoms with Crippen LogP contribution in [0.5, 0.6) is 0 Å². The van der Waals surface area contributed by atoms with Gasteiger partial charge in [0, 0.05) is 18.3 Å². The molecule has 0 aliphatic rings. The summed E-state index contributed by atoms with van der Waals surface area (Å²) in [6.45, 7) is 11.9. The fourth-order valence-corrected chi connectivity index (χ4v) is 3.17. The van der Waals surface area contributed by atoms with Crippen molar-refractivity contribution >= 4 is 23.3 Å². The minimum absolute atomic E-state index is 0.354. The maximum Gasteiger partial charge on any atom is 0.331 e. The van der Waals surface area contributed by atoms with Crippen molar-refractivity contribution in [3.63, 3.8) is 0 Å². The molecule has 1 aromatic rings. The maximum absolute atomic E-state index is 12.5. The van der Waals surface area contributed by atoms with Crippen LogP contribution in [0.4, 0.5) is 4.79 Å². The van der Waals surface area contributed by atoms with E-state index in [-0.39, 0.29) is 6.03 Å². The Hall–Kier alpha value is -1.67. The van der Waals surface area contributed by atoms with Gasteiger partial charge in [-0.1, -0.05) is 13.8 Å². The first-order valence-electron chi connectivity index (χ1n) is 8.66. The number of amides is 2. The van der Waals surface area contributed by atoms with Gasteiger partial charge in [-0.05, 0) is 27.7 Å². The summed E-state index contributed by atoms with van der Waals surface area (Å²) in [5.41, 5.74) is 0.376. The number of carbonyl (C=O) groups excluding carboxylic acids is 2. The summed E-state index contributed by atoms with van der Waals surface area (Å²) in [7, 11) is 2.95. The molecule has 0 aliphatic carbocycles. The van der Waals surface area contributed by atoms with Gasteiger partial charge in [0.2, 0.25) is 0 Å². The molecule has 0 aliphatic heterocycles. The molecule has 0 bridgehead atoms. The molecule has 26 heavy (non-hydrogen) atoms. The van der Waals surface area contributed by atoms with E-state index in [0.717, 1.165) is 10.7 Å². The highest BCUT2D eigenvalue weighted by atomic mass is 32.1. The van der Waals surface area contributed by atoms with Crippen molar-refractivity contribution in [1.29, 1.82) is 0 Å². The van der Waals surface area contributed by atoms with Gasteiger partial charge >= 0.3 is 12.0 Å². The molecule has 1 aromatic heterocycles. The second-order valence-corrected chi connectivity index (χ2v) is 8.46. The largest absolute Gasteiger partial charge is 0.467 e. The lowest BCUT2D eigenvalue weighted by atomic mass is 10.1. The molecule has 0 radical (unpaired) electrons. The first kappa shape index (κ1) is 22.4. The molecular weight excluding hydrogens is 354 g/mol. The Bertz CT molecular complexity index is 610. The van der Waals surface area contributed by atoms with Crippen LogP contribution in [0.25, 0.3) is 0 Å². The van der Waals surface area contributed by atoms with Crippen LogP contribution in [0.1, 0.15) is 58.2 Å². The van der Waals surface area contributed by atoms with Crippen LogP contribution in [0.3, 0.4) is 0 Å². The van der Waals surface area contributed by atoms with Crippen molar-refractivity contribution in [2.75, 3.05) is 14.2 Å². The molecule has 1 unspecified atom stereocenters. The van der Waals surface area contributed by atoms with Crippen LogP contribution >= 0.6 is 11.3 Å². The number of rotatable bonds is 7. The van der Waals surface area contributed by atoms with E-state index in [2.05, 4.69) is 24.1 Å². The number of esters is 1. The zero-order valence-electron chi connectivity index (χ0n) is 17.0. The molecule has 2 amide bonds. The van der Waals surface area contributed by atoms with E-state index in [9.17, 15) is 9.59 Å². The van der Waals surface area contributed by atoms with Gasteiger partial charge in [-0.15, -0.1) is 11.3 Å². The van der Waals surface area contributed by atoms with Crippen molar-refractivity contribution in [2.24, 2.45) is 0 Å².